The van der Waals surface area contributed by atoms with Crippen molar-refractivity contribution < 1.29 is 19.2 Å². The zero-order valence-corrected chi connectivity index (χ0v) is 10.5. The molecule has 3 rings (SSSR count). The average Bonchev–Trinajstić information content (AvgIpc) is 3.29. The van der Waals surface area contributed by atoms with Gasteiger partial charge < -0.3 is 14.5 Å². The number of hydrogen-bond acceptors (Lipinski definition) is 4. The Kier molecular flexibility index (Phi) is 3.00. The minimum Gasteiger partial charge on any atom is -0.481 e. The number of aromatic nitrogens is 1. The minimum absolute atomic E-state index is 0.0322. The van der Waals surface area contributed by atoms with E-state index in [1.807, 2.05) is 0 Å². The summed E-state index contributed by atoms with van der Waals surface area (Å²) in [7, 11) is 0. The van der Waals surface area contributed by atoms with E-state index in [0.29, 0.717) is 11.6 Å². The number of carbonyl (C=O) groups excluding carboxylic acids is 1. The molecule has 0 radical (unpaired) electrons. The first-order valence-electron chi connectivity index (χ1n) is 6.64. The first kappa shape index (κ1) is 12.2. The van der Waals surface area contributed by atoms with E-state index in [9.17, 15) is 9.59 Å². The average molecular weight is 264 g/mol. The predicted molar refractivity (Wildman–Crippen MR) is 64.8 cm³/mol. The Morgan fingerprint density at radius 1 is 1.37 bits per heavy atom. The maximum Gasteiger partial charge on any atom is 0.305 e. The van der Waals surface area contributed by atoms with Gasteiger partial charge in [0, 0.05) is 24.6 Å². The molecule has 6 nitrogen and oxygen atoms in total. The quantitative estimate of drug-likeness (QED) is 0.844. The summed E-state index contributed by atoms with van der Waals surface area (Å²) in [6, 6.07) is 1.88. The second kappa shape index (κ2) is 4.68. The van der Waals surface area contributed by atoms with Crippen LogP contribution in [0.1, 0.15) is 54.3 Å². The minimum atomic E-state index is -0.891. The number of aliphatic carboxylic acids is 1. The molecule has 19 heavy (non-hydrogen) atoms. The molecule has 2 aliphatic carbocycles. The molecule has 1 heterocycles. The van der Waals surface area contributed by atoms with Gasteiger partial charge in [0.05, 0.1) is 6.42 Å². The molecule has 0 aromatic carbocycles. The van der Waals surface area contributed by atoms with E-state index in [1.54, 1.807) is 11.0 Å². The second-order valence-electron chi connectivity index (χ2n) is 5.26. The largest absolute Gasteiger partial charge is 0.481 e. The monoisotopic (exact) mass is 264 g/mol. The van der Waals surface area contributed by atoms with E-state index in [0.717, 1.165) is 31.4 Å². The number of carbonyl (C=O) groups is 2. The van der Waals surface area contributed by atoms with Crippen LogP contribution in [0.15, 0.2) is 10.6 Å². The van der Waals surface area contributed by atoms with Crippen molar-refractivity contribution in [3.05, 3.63) is 17.5 Å². The highest BCUT2D eigenvalue weighted by atomic mass is 16.5. The van der Waals surface area contributed by atoms with Crippen LogP contribution in [-0.4, -0.2) is 39.6 Å². The summed E-state index contributed by atoms with van der Waals surface area (Å²) in [5.74, 6) is 0.0939. The number of hydrogen-bond donors (Lipinski definition) is 1. The van der Waals surface area contributed by atoms with Gasteiger partial charge >= 0.3 is 5.97 Å². The van der Waals surface area contributed by atoms with Gasteiger partial charge in [-0.15, -0.1) is 0 Å². The number of carboxylic acid groups (broad SMARTS) is 1. The summed E-state index contributed by atoms with van der Waals surface area (Å²) >= 11 is 0. The molecule has 6 heteroatoms. The zero-order valence-electron chi connectivity index (χ0n) is 10.5. The van der Waals surface area contributed by atoms with Crippen molar-refractivity contribution in [3.8, 4) is 0 Å². The van der Waals surface area contributed by atoms with Crippen LogP contribution in [0.4, 0.5) is 0 Å². The zero-order chi connectivity index (χ0) is 13.4. The third kappa shape index (κ3) is 2.77. The summed E-state index contributed by atoms with van der Waals surface area (Å²) in [6.45, 7) is 0.241. The Balaban J connectivity index is 1.69. The third-order valence-electron chi connectivity index (χ3n) is 3.54. The van der Waals surface area contributed by atoms with E-state index in [-0.39, 0.29) is 24.9 Å². The molecule has 0 saturated heterocycles. The maximum absolute atomic E-state index is 12.3. The SMILES string of the molecule is O=C(O)CCN(C(=O)c1cc(C2CC2)on1)C1CC1. The van der Waals surface area contributed by atoms with Crippen LogP contribution in [0.2, 0.25) is 0 Å². The fraction of sp³-hybridized carbons (Fsp3) is 0.615. The molecule has 0 spiro atoms. The molecule has 0 bridgehead atoms. The van der Waals surface area contributed by atoms with Gasteiger partial charge in [-0.3, -0.25) is 9.59 Å². The molecule has 0 aliphatic heterocycles. The van der Waals surface area contributed by atoms with Crippen molar-refractivity contribution in [3.63, 3.8) is 0 Å². The number of nitrogens with zero attached hydrogens (tertiary/aromatic N) is 2. The summed E-state index contributed by atoms with van der Waals surface area (Å²) in [6.07, 6.45) is 4.04. The van der Waals surface area contributed by atoms with E-state index < -0.39 is 5.97 Å². The molecule has 1 aromatic rings. The molecule has 1 N–H and O–H groups in total. The van der Waals surface area contributed by atoms with Crippen molar-refractivity contribution >= 4 is 11.9 Å². The van der Waals surface area contributed by atoms with Gasteiger partial charge in [-0.2, -0.15) is 0 Å². The summed E-state index contributed by atoms with van der Waals surface area (Å²) in [5.41, 5.74) is 0.305. The van der Waals surface area contributed by atoms with E-state index in [2.05, 4.69) is 5.16 Å². The van der Waals surface area contributed by atoms with E-state index in [4.69, 9.17) is 9.63 Å². The Bertz CT molecular complexity index is 502. The lowest BCUT2D eigenvalue weighted by Gasteiger charge is -2.19. The molecule has 0 atom stereocenters. The van der Waals surface area contributed by atoms with E-state index >= 15 is 0 Å². The van der Waals surface area contributed by atoms with Crippen LogP contribution in [0.25, 0.3) is 0 Å². The second-order valence-corrected chi connectivity index (χ2v) is 5.26. The topological polar surface area (TPSA) is 83.6 Å². The van der Waals surface area contributed by atoms with Crippen LogP contribution in [-0.2, 0) is 4.79 Å². The van der Waals surface area contributed by atoms with Crippen LogP contribution in [0, 0.1) is 0 Å². The Morgan fingerprint density at radius 3 is 2.68 bits per heavy atom. The molecule has 1 amide bonds. The van der Waals surface area contributed by atoms with Gasteiger partial charge in [-0.05, 0) is 25.7 Å². The normalized spacial score (nSPS) is 18.3. The highest BCUT2D eigenvalue weighted by Crippen LogP contribution is 2.40. The molecular weight excluding hydrogens is 248 g/mol. The van der Waals surface area contributed by atoms with Crippen LogP contribution >= 0.6 is 0 Å². The Morgan fingerprint density at radius 2 is 2.11 bits per heavy atom. The summed E-state index contributed by atoms with van der Waals surface area (Å²) in [5, 5.41) is 12.6. The number of carboxylic acids is 1. The predicted octanol–water partition coefficient (Wildman–Crippen LogP) is 1.63. The number of amides is 1. The van der Waals surface area contributed by atoms with Gasteiger partial charge in [-0.25, -0.2) is 0 Å². The van der Waals surface area contributed by atoms with Crippen LogP contribution in [0.3, 0.4) is 0 Å². The fourth-order valence-corrected chi connectivity index (χ4v) is 2.15. The molecular formula is C13H16N2O4. The molecule has 2 saturated carbocycles. The van der Waals surface area contributed by atoms with Gasteiger partial charge in [-0.1, -0.05) is 5.16 Å². The lowest BCUT2D eigenvalue weighted by molar-refractivity contribution is -0.137. The highest BCUT2D eigenvalue weighted by molar-refractivity contribution is 5.93. The first-order chi connectivity index (χ1) is 9.15. The third-order valence-corrected chi connectivity index (χ3v) is 3.54. The van der Waals surface area contributed by atoms with Gasteiger partial charge in [0.25, 0.3) is 5.91 Å². The first-order valence-corrected chi connectivity index (χ1v) is 6.64. The van der Waals surface area contributed by atoms with Crippen LogP contribution in [0.5, 0.6) is 0 Å². The molecule has 102 valence electrons. The highest BCUT2D eigenvalue weighted by Gasteiger charge is 2.35. The van der Waals surface area contributed by atoms with Crippen molar-refractivity contribution in [1.29, 1.82) is 0 Å². The standard InChI is InChI=1S/C13H16N2O4/c16-12(17)5-6-15(9-3-4-9)13(18)10-7-11(19-14-10)8-1-2-8/h7-9H,1-6H2,(H,16,17). The fourth-order valence-electron chi connectivity index (χ4n) is 2.15. The molecule has 0 unspecified atom stereocenters. The molecule has 2 fully saturated rings. The maximum atomic E-state index is 12.3. The smallest absolute Gasteiger partial charge is 0.305 e. The van der Waals surface area contributed by atoms with Gasteiger partial charge in [0.15, 0.2) is 5.69 Å². The van der Waals surface area contributed by atoms with Crippen molar-refractivity contribution in [2.45, 2.75) is 44.1 Å². The Hall–Kier alpha value is -1.85. The van der Waals surface area contributed by atoms with Gasteiger partial charge in [0.2, 0.25) is 0 Å². The Labute approximate surface area is 110 Å². The van der Waals surface area contributed by atoms with Gasteiger partial charge in [0.1, 0.15) is 5.76 Å². The summed E-state index contributed by atoms with van der Waals surface area (Å²) in [4.78, 5) is 24.6. The summed E-state index contributed by atoms with van der Waals surface area (Å²) < 4.78 is 5.17. The molecule has 2 aliphatic rings. The van der Waals surface area contributed by atoms with Crippen LogP contribution < -0.4 is 0 Å². The van der Waals surface area contributed by atoms with E-state index in [1.165, 1.54) is 0 Å². The van der Waals surface area contributed by atoms with Crippen molar-refractivity contribution in [2.75, 3.05) is 6.54 Å². The number of rotatable bonds is 6. The lowest BCUT2D eigenvalue weighted by Crippen LogP contribution is -2.35. The molecule has 1 aromatic heterocycles. The van der Waals surface area contributed by atoms with Crippen molar-refractivity contribution in [2.24, 2.45) is 0 Å². The lowest BCUT2D eigenvalue weighted by atomic mass is 10.2. The van der Waals surface area contributed by atoms with Crippen molar-refractivity contribution in [1.82, 2.24) is 10.1 Å².